The number of ether oxygens (including phenoxy) is 1. The molecule has 1 fully saturated rings. The normalized spacial score (nSPS) is 21.4. The predicted molar refractivity (Wildman–Crippen MR) is 69.9 cm³/mol. The Morgan fingerprint density at radius 1 is 1.61 bits per heavy atom. The molecule has 7 heteroatoms. The molecular weight excluding hydrogens is 256 g/mol. The van der Waals surface area contributed by atoms with E-state index in [4.69, 9.17) is 9.84 Å². The Morgan fingerprint density at radius 3 is 2.89 bits per heavy atom. The summed E-state index contributed by atoms with van der Waals surface area (Å²) in [5, 5.41) is 11.6. The van der Waals surface area contributed by atoms with Gasteiger partial charge in [0, 0.05) is 44.2 Å². The van der Waals surface area contributed by atoms with E-state index in [1.165, 1.54) is 7.11 Å². The van der Waals surface area contributed by atoms with Crippen molar-refractivity contribution in [2.24, 2.45) is 0 Å². The second kappa shape index (κ2) is 7.48. The minimum atomic E-state index is -1.03. The van der Waals surface area contributed by atoms with Gasteiger partial charge in [0.05, 0.1) is 0 Å². The summed E-state index contributed by atoms with van der Waals surface area (Å²) in [7, 11) is 1.50. The van der Waals surface area contributed by atoms with Gasteiger partial charge in [0.25, 0.3) is 0 Å². The zero-order chi connectivity index (χ0) is 13.5. The van der Waals surface area contributed by atoms with Crippen molar-refractivity contribution in [1.29, 1.82) is 0 Å². The molecule has 0 aromatic heterocycles. The number of nitrogens with zero attached hydrogens (tertiary/aromatic N) is 1. The Hall–Kier alpha value is -0.950. The van der Waals surface area contributed by atoms with E-state index < -0.39 is 12.0 Å². The van der Waals surface area contributed by atoms with Crippen LogP contribution >= 0.6 is 11.8 Å². The highest BCUT2D eigenvalue weighted by Gasteiger charge is 2.27. The van der Waals surface area contributed by atoms with Gasteiger partial charge < -0.3 is 20.1 Å². The highest BCUT2D eigenvalue weighted by Crippen LogP contribution is 2.16. The topological polar surface area (TPSA) is 78.9 Å². The highest BCUT2D eigenvalue weighted by molar-refractivity contribution is 7.99. The minimum absolute atomic E-state index is 0.139. The van der Waals surface area contributed by atoms with E-state index in [1.54, 1.807) is 16.7 Å². The van der Waals surface area contributed by atoms with Crippen molar-refractivity contribution in [3.05, 3.63) is 0 Å². The van der Waals surface area contributed by atoms with Crippen LogP contribution < -0.4 is 5.32 Å². The van der Waals surface area contributed by atoms with Crippen LogP contribution in [0.3, 0.4) is 0 Å². The molecule has 0 aromatic carbocycles. The molecule has 0 aliphatic carbocycles. The van der Waals surface area contributed by atoms with Crippen LogP contribution in [0.1, 0.15) is 13.3 Å². The van der Waals surface area contributed by atoms with Crippen LogP contribution in [-0.2, 0) is 9.53 Å². The van der Waals surface area contributed by atoms with Gasteiger partial charge in [-0.15, -0.1) is 0 Å². The molecule has 2 unspecified atom stereocenters. The highest BCUT2D eigenvalue weighted by atomic mass is 32.2. The van der Waals surface area contributed by atoms with Crippen molar-refractivity contribution in [1.82, 2.24) is 10.2 Å². The molecule has 0 bridgehead atoms. The number of carbonyl (C=O) groups excluding carboxylic acids is 1. The molecule has 1 saturated heterocycles. The Bertz CT molecular complexity index is 301. The molecule has 0 radical (unpaired) electrons. The average Bonchev–Trinajstić information content (AvgIpc) is 2.34. The molecule has 18 heavy (non-hydrogen) atoms. The number of thioether (sulfide) groups is 1. The van der Waals surface area contributed by atoms with Gasteiger partial charge in [-0.25, -0.2) is 9.59 Å². The van der Waals surface area contributed by atoms with Gasteiger partial charge >= 0.3 is 12.0 Å². The number of aliphatic carboxylic acids is 1. The monoisotopic (exact) mass is 276 g/mol. The molecule has 2 atom stereocenters. The van der Waals surface area contributed by atoms with Gasteiger partial charge in [-0.1, -0.05) is 0 Å². The fourth-order valence-corrected chi connectivity index (χ4v) is 2.77. The van der Waals surface area contributed by atoms with E-state index in [0.717, 1.165) is 11.5 Å². The third-order valence-corrected chi connectivity index (χ3v) is 4.02. The zero-order valence-corrected chi connectivity index (χ0v) is 11.5. The summed E-state index contributed by atoms with van der Waals surface area (Å²) in [6, 6.07) is -1.05. The van der Waals surface area contributed by atoms with Gasteiger partial charge in [0.2, 0.25) is 0 Å². The molecule has 1 aliphatic heterocycles. The first-order valence-corrected chi connectivity index (χ1v) is 7.08. The van der Waals surface area contributed by atoms with Gasteiger partial charge in [-0.05, 0) is 6.92 Å². The number of methoxy groups -OCH3 is 1. The molecule has 2 N–H and O–H groups in total. The molecule has 0 saturated carbocycles. The van der Waals surface area contributed by atoms with Crippen molar-refractivity contribution in [2.45, 2.75) is 25.4 Å². The largest absolute Gasteiger partial charge is 0.480 e. The summed E-state index contributed by atoms with van der Waals surface area (Å²) in [5.74, 6) is 0.760. The van der Waals surface area contributed by atoms with Crippen LogP contribution in [0.2, 0.25) is 0 Å². The Balaban J connectivity index is 2.51. The smallest absolute Gasteiger partial charge is 0.326 e. The lowest BCUT2D eigenvalue weighted by Gasteiger charge is -2.33. The van der Waals surface area contributed by atoms with E-state index >= 15 is 0 Å². The molecule has 6 nitrogen and oxygen atoms in total. The second-order valence-electron chi connectivity index (χ2n) is 4.24. The number of nitrogens with one attached hydrogen (secondary N) is 1. The third-order valence-electron chi connectivity index (χ3n) is 2.83. The number of carbonyl (C=O) groups is 2. The minimum Gasteiger partial charge on any atom is -0.480 e. The maximum absolute atomic E-state index is 12.0. The van der Waals surface area contributed by atoms with Crippen molar-refractivity contribution >= 4 is 23.8 Å². The van der Waals surface area contributed by atoms with Crippen LogP contribution in [0.5, 0.6) is 0 Å². The number of rotatable bonds is 5. The average molecular weight is 276 g/mol. The van der Waals surface area contributed by atoms with Crippen LogP contribution in [0, 0.1) is 0 Å². The van der Waals surface area contributed by atoms with Crippen LogP contribution in [0.25, 0.3) is 0 Å². The van der Waals surface area contributed by atoms with E-state index in [1.807, 2.05) is 6.92 Å². The van der Waals surface area contributed by atoms with Crippen molar-refractivity contribution in [2.75, 3.05) is 31.8 Å². The van der Waals surface area contributed by atoms with Crippen LogP contribution in [0.4, 0.5) is 4.79 Å². The van der Waals surface area contributed by atoms with Crippen molar-refractivity contribution in [3.63, 3.8) is 0 Å². The summed E-state index contributed by atoms with van der Waals surface area (Å²) in [5.41, 5.74) is 0. The van der Waals surface area contributed by atoms with Crippen molar-refractivity contribution in [3.8, 4) is 0 Å². The van der Waals surface area contributed by atoms with Crippen LogP contribution in [0.15, 0.2) is 0 Å². The standard InChI is InChI=1S/C11H20N2O4S/c1-8-7-18-6-4-13(8)11(16)12-9(10(14)15)3-5-17-2/h8-9H,3-7H2,1-2H3,(H,12,16)(H,14,15). The van der Waals surface area contributed by atoms with E-state index in [-0.39, 0.29) is 18.5 Å². The first-order valence-electron chi connectivity index (χ1n) is 5.93. The Labute approximate surface area is 111 Å². The number of carboxylic acids is 1. The molecule has 1 aliphatic rings. The lowest BCUT2D eigenvalue weighted by atomic mass is 10.2. The van der Waals surface area contributed by atoms with Gasteiger partial charge in [-0.2, -0.15) is 11.8 Å². The van der Waals surface area contributed by atoms with E-state index in [2.05, 4.69) is 5.32 Å². The summed E-state index contributed by atoms with van der Waals surface area (Å²) in [6.07, 6.45) is 0.272. The van der Waals surface area contributed by atoms with E-state index in [9.17, 15) is 9.59 Å². The Kier molecular flexibility index (Phi) is 6.28. The SMILES string of the molecule is COCCC(NC(=O)N1CCSCC1C)C(=O)O. The summed E-state index contributed by atoms with van der Waals surface area (Å²) < 4.78 is 4.84. The maximum atomic E-state index is 12.0. The summed E-state index contributed by atoms with van der Waals surface area (Å²) >= 11 is 1.81. The quantitative estimate of drug-likeness (QED) is 0.769. The molecule has 1 heterocycles. The van der Waals surface area contributed by atoms with E-state index in [0.29, 0.717) is 13.2 Å². The zero-order valence-electron chi connectivity index (χ0n) is 10.7. The lowest BCUT2D eigenvalue weighted by molar-refractivity contribution is -0.139. The number of urea groups is 1. The first kappa shape index (κ1) is 15.1. The first-order chi connectivity index (χ1) is 8.56. The van der Waals surface area contributed by atoms with Gasteiger partial charge in [0.1, 0.15) is 6.04 Å². The molecule has 2 amide bonds. The second-order valence-corrected chi connectivity index (χ2v) is 5.39. The van der Waals surface area contributed by atoms with Crippen LogP contribution in [-0.4, -0.2) is 65.9 Å². The molecule has 104 valence electrons. The predicted octanol–water partition coefficient (Wildman–Crippen LogP) is 0.623. The van der Waals surface area contributed by atoms with Crippen molar-refractivity contribution < 1.29 is 19.4 Å². The number of hydrogen-bond acceptors (Lipinski definition) is 4. The summed E-state index contributed by atoms with van der Waals surface area (Å²) in [6.45, 7) is 2.94. The van der Waals surface area contributed by atoms with Gasteiger partial charge in [-0.3, -0.25) is 0 Å². The molecular formula is C11H20N2O4S. The number of amides is 2. The Morgan fingerprint density at radius 2 is 2.33 bits per heavy atom. The summed E-state index contributed by atoms with van der Waals surface area (Å²) in [4.78, 5) is 24.7. The number of carboxylic acid groups (broad SMARTS) is 1. The third kappa shape index (κ3) is 4.38. The molecule has 0 spiro atoms. The maximum Gasteiger partial charge on any atom is 0.326 e. The fraction of sp³-hybridized carbons (Fsp3) is 0.818. The molecule has 1 rings (SSSR count). The molecule has 0 aromatic rings. The fourth-order valence-electron chi connectivity index (χ4n) is 1.75. The van der Waals surface area contributed by atoms with Gasteiger partial charge in [0.15, 0.2) is 0 Å². The lowest BCUT2D eigenvalue weighted by Crippen LogP contribution is -2.53. The number of hydrogen-bond donors (Lipinski definition) is 2.